The summed E-state index contributed by atoms with van der Waals surface area (Å²) in [6.45, 7) is 3.63. The Morgan fingerprint density at radius 3 is 2.62 bits per heavy atom. The fourth-order valence-corrected chi connectivity index (χ4v) is 2.35. The molecule has 4 nitrogen and oxygen atoms in total. The van der Waals surface area contributed by atoms with Gasteiger partial charge in [0.2, 0.25) is 5.89 Å². The molecule has 0 amide bonds. The summed E-state index contributed by atoms with van der Waals surface area (Å²) in [7, 11) is 2.06. The zero-order chi connectivity index (χ0) is 14.8. The molecule has 0 bridgehead atoms. The Labute approximate surface area is 124 Å². The van der Waals surface area contributed by atoms with Crippen molar-refractivity contribution in [2.45, 2.75) is 20.0 Å². The first-order valence-electron chi connectivity index (χ1n) is 6.99. The zero-order valence-electron chi connectivity index (χ0n) is 12.3. The number of oxazole rings is 1. The Morgan fingerprint density at radius 2 is 1.86 bits per heavy atom. The van der Waals surface area contributed by atoms with E-state index in [0.29, 0.717) is 18.1 Å². The van der Waals surface area contributed by atoms with Crippen LogP contribution in [-0.4, -0.2) is 16.9 Å². The average molecular weight is 281 g/mol. The number of aromatic nitrogens is 1. The lowest BCUT2D eigenvalue weighted by Gasteiger charge is -2.14. The Morgan fingerprint density at radius 1 is 1.10 bits per heavy atom. The number of nitrogens with two attached hydrogens (primary N) is 1. The smallest absolute Gasteiger partial charge is 0.209 e. The second-order valence-electron chi connectivity index (χ2n) is 5.49. The van der Waals surface area contributed by atoms with Crippen LogP contribution in [0.2, 0.25) is 0 Å². The van der Waals surface area contributed by atoms with Gasteiger partial charge in [-0.1, -0.05) is 29.8 Å². The number of hydrogen-bond acceptors (Lipinski definition) is 4. The van der Waals surface area contributed by atoms with Gasteiger partial charge in [0.1, 0.15) is 5.52 Å². The molecule has 0 aliphatic rings. The van der Waals surface area contributed by atoms with Crippen LogP contribution in [0.15, 0.2) is 46.9 Å². The van der Waals surface area contributed by atoms with Gasteiger partial charge in [0.25, 0.3) is 0 Å². The van der Waals surface area contributed by atoms with Crippen molar-refractivity contribution >= 4 is 16.8 Å². The van der Waals surface area contributed by atoms with Gasteiger partial charge in [-0.15, -0.1) is 0 Å². The van der Waals surface area contributed by atoms with E-state index in [1.54, 1.807) is 0 Å². The molecule has 3 aromatic rings. The van der Waals surface area contributed by atoms with Gasteiger partial charge in [0, 0.05) is 12.2 Å². The molecule has 0 aliphatic carbocycles. The van der Waals surface area contributed by atoms with E-state index in [4.69, 9.17) is 10.2 Å². The second kappa shape index (κ2) is 5.58. The van der Waals surface area contributed by atoms with Crippen molar-refractivity contribution < 1.29 is 4.42 Å². The lowest BCUT2D eigenvalue weighted by molar-refractivity contribution is 0.285. The van der Waals surface area contributed by atoms with Gasteiger partial charge >= 0.3 is 0 Å². The summed E-state index contributed by atoms with van der Waals surface area (Å²) < 4.78 is 5.74. The van der Waals surface area contributed by atoms with Crippen LogP contribution < -0.4 is 5.73 Å². The van der Waals surface area contributed by atoms with Crippen LogP contribution in [0.4, 0.5) is 5.69 Å². The van der Waals surface area contributed by atoms with Crippen LogP contribution >= 0.6 is 0 Å². The molecule has 3 rings (SSSR count). The number of anilines is 1. The monoisotopic (exact) mass is 281 g/mol. The third-order valence-corrected chi connectivity index (χ3v) is 3.43. The second-order valence-corrected chi connectivity index (χ2v) is 5.49. The largest absolute Gasteiger partial charge is 0.439 e. The first kappa shape index (κ1) is 13.6. The maximum atomic E-state index is 5.76. The molecule has 108 valence electrons. The average Bonchev–Trinajstić information content (AvgIpc) is 2.82. The highest BCUT2D eigenvalue weighted by molar-refractivity contribution is 5.76. The van der Waals surface area contributed by atoms with Crippen molar-refractivity contribution in [3.63, 3.8) is 0 Å². The van der Waals surface area contributed by atoms with Crippen molar-refractivity contribution in [3.05, 3.63) is 59.5 Å². The van der Waals surface area contributed by atoms with Gasteiger partial charge in [-0.25, -0.2) is 4.98 Å². The van der Waals surface area contributed by atoms with Crippen molar-refractivity contribution in [2.24, 2.45) is 0 Å². The number of hydrogen-bond donors (Lipinski definition) is 1. The molecule has 0 unspecified atom stereocenters. The van der Waals surface area contributed by atoms with E-state index in [9.17, 15) is 0 Å². The molecular weight excluding hydrogens is 262 g/mol. The van der Waals surface area contributed by atoms with E-state index in [-0.39, 0.29) is 0 Å². The summed E-state index contributed by atoms with van der Waals surface area (Å²) >= 11 is 0. The van der Waals surface area contributed by atoms with E-state index in [1.165, 1.54) is 11.1 Å². The first-order chi connectivity index (χ1) is 10.1. The fraction of sp³-hybridized carbons (Fsp3) is 0.235. The van der Waals surface area contributed by atoms with Crippen LogP contribution in [0.3, 0.4) is 0 Å². The van der Waals surface area contributed by atoms with Crippen LogP contribution in [0.5, 0.6) is 0 Å². The summed E-state index contributed by atoms with van der Waals surface area (Å²) in [5.74, 6) is 0.713. The maximum absolute atomic E-state index is 5.76. The summed E-state index contributed by atoms with van der Waals surface area (Å²) in [6.07, 6.45) is 0. The molecule has 0 fully saturated rings. The Balaban J connectivity index is 1.70. The summed E-state index contributed by atoms with van der Waals surface area (Å²) in [4.78, 5) is 6.66. The molecule has 0 saturated carbocycles. The predicted molar refractivity (Wildman–Crippen MR) is 84.8 cm³/mol. The number of nitrogens with zero attached hydrogens (tertiary/aromatic N) is 2. The van der Waals surface area contributed by atoms with Crippen LogP contribution in [0.1, 0.15) is 17.0 Å². The minimum absolute atomic E-state index is 0.669. The third-order valence-electron chi connectivity index (χ3n) is 3.43. The minimum atomic E-state index is 0.669. The van der Waals surface area contributed by atoms with E-state index in [2.05, 4.69) is 48.1 Å². The molecule has 21 heavy (non-hydrogen) atoms. The maximum Gasteiger partial charge on any atom is 0.209 e. The first-order valence-corrected chi connectivity index (χ1v) is 6.99. The van der Waals surface area contributed by atoms with Crippen LogP contribution in [0.25, 0.3) is 11.1 Å². The molecule has 2 N–H and O–H groups in total. The van der Waals surface area contributed by atoms with Gasteiger partial charge in [0.15, 0.2) is 5.58 Å². The molecule has 4 heteroatoms. The SMILES string of the molecule is Cc1ccc(CN(C)Cc2nc3cc(N)ccc3o2)cc1. The molecule has 2 aromatic carbocycles. The number of fused-ring (bicyclic) bond motifs is 1. The number of nitrogen functional groups attached to an aromatic ring is 1. The van der Waals surface area contributed by atoms with Gasteiger partial charge in [-0.05, 0) is 37.7 Å². The van der Waals surface area contributed by atoms with Crippen LogP contribution in [-0.2, 0) is 13.1 Å². The fourth-order valence-electron chi connectivity index (χ4n) is 2.35. The highest BCUT2D eigenvalue weighted by Crippen LogP contribution is 2.19. The predicted octanol–water partition coefficient (Wildman–Crippen LogP) is 3.35. The van der Waals surface area contributed by atoms with Crippen molar-refractivity contribution in [3.8, 4) is 0 Å². The molecule has 0 radical (unpaired) electrons. The topological polar surface area (TPSA) is 55.3 Å². The van der Waals surface area contributed by atoms with E-state index < -0.39 is 0 Å². The molecule has 0 spiro atoms. The van der Waals surface area contributed by atoms with Crippen molar-refractivity contribution in [2.75, 3.05) is 12.8 Å². The Bertz CT molecular complexity index is 746. The number of aryl methyl sites for hydroxylation is 1. The Hall–Kier alpha value is -2.33. The summed E-state index contributed by atoms with van der Waals surface area (Å²) in [6, 6.07) is 14.1. The third kappa shape index (κ3) is 3.23. The van der Waals surface area contributed by atoms with Crippen molar-refractivity contribution in [1.82, 2.24) is 9.88 Å². The van der Waals surface area contributed by atoms with Gasteiger partial charge in [0.05, 0.1) is 6.54 Å². The summed E-state index contributed by atoms with van der Waals surface area (Å²) in [5, 5.41) is 0. The lowest BCUT2D eigenvalue weighted by atomic mass is 10.1. The zero-order valence-corrected chi connectivity index (χ0v) is 12.3. The van der Waals surface area contributed by atoms with Gasteiger partial charge in [-0.3, -0.25) is 4.90 Å². The molecule has 1 aromatic heterocycles. The molecule has 0 aliphatic heterocycles. The Kier molecular flexibility index (Phi) is 3.62. The summed E-state index contributed by atoms with van der Waals surface area (Å²) in [5.41, 5.74) is 10.6. The highest BCUT2D eigenvalue weighted by Gasteiger charge is 2.09. The normalized spacial score (nSPS) is 11.4. The minimum Gasteiger partial charge on any atom is -0.439 e. The van der Waals surface area contributed by atoms with E-state index in [0.717, 1.165) is 17.6 Å². The molecule has 0 saturated heterocycles. The molecule has 0 atom stereocenters. The van der Waals surface area contributed by atoms with Crippen molar-refractivity contribution in [1.29, 1.82) is 0 Å². The van der Waals surface area contributed by atoms with Gasteiger partial charge < -0.3 is 10.2 Å². The van der Waals surface area contributed by atoms with E-state index in [1.807, 2.05) is 18.2 Å². The lowest BCUT2D eigenvalue weighted by Crippen LogP contribution is -2.17. The quantitative estimate of drug-likeness (QED) is 0.745. The molecular formula is C17H19N3O. The van der Waals surface area contributed by atoms with E-state index >= 15 is 0 Å². The van der Waals surface area contributed by atoms with Gasteiger partial charge in [-0.2, -0.15) is 0 Å². The number of benzene rings is 2. The highest BCUT2D eigenvalue weighted by atomic mass is 16.3. The van der Waals surface area contributed by atoms with Crippen LogP contribution in [0, 0.1) is 6.92 Å². The number of rotatable bonds is 4. The molecule has 1 heterocycles. The standard InChI is InChI=1S/C17H19N3O/c1-12-3-5-13(6-4-12)10-20(2)11-17-19-15-9-14(18)7-8-16(15)21-17/h3-9H,10-11,18H2,1-2H3.